The third kappa shape index (κ3) is 3.48. The Bertz CT molecular complexity index is 518. The molecule has 2 rings (SSSR count). The standard InChI is InChI=1S/C16H19NO4/c1-2-3-9-14(18)21-11-6-10-17-15(19)12-7-4-5-8-13(12)16(17)20/h4-5,7-8H,2-3,6,9-11H2,1H3. The van der Waals surface area contributed by atoms with Crippen molar-refractivity contribution in [1.29, 1.82) is 0 Å². The highest BCUT2D eigenvalue weighted by atomic mass is 16.5. The number of benzene rings is 1. The summed E-state index contributed by atoms with van der Waals surface area (Å²) in [6.45, 7) is 2.51. The maximum Gasteiger partial charge on any atom is 0.305 e. The molecule has 5 nitrogen and oxygen atoms in total. The van der Waals surface area contributed by atoms with Gasteiger partial charge in [-0.3, -0.25) is 19.3 Å². The third-order valence-electron chi connectivity index (χ3n) is 3.40. The lowest BCUT2D eigenvalue weighted by atomic mass is 10.1. The van der Waals surface area contributed by atoms with Crippen molar-refractivity contribution in [3.63, 3.8) is 0 Å². The van der Waals surface area contributed by atoms with Crippen LogP contribution in [-0.4, -0.2) is 35.8 Å². The van der Waals surface area contributed by atoms with Gasteiger partial charge in [0.1, 0.15) is 0 Å². The highest BCUT2D eigenvalue weighted by Crippen LogP contribution is 2.22. The zero-order valence-corrected chi connectivity index (χ0v) is 12.1. The lowest BCUT2D eigenvalue weighted by molar-refractivity contribution is -0.143. The van der Waals surface area contributed by atoms with Crippen LogP contribution in [0.4, 0.5) is 0 Å². The van der Waals surface area contributed by atoms with Crippen molar-refractivity contribution in [2.24, 2.45) is 0 Å². The van der Waals surface area contributed by atoms with Crippen molar-refractivity contribution in [1.82, 2.24) is 4.90 Å². The molecule has 0 aliphatic carbocycles. The van der Waals surface area contributed by atoms with E-state index in [-0.39, 0.29) is 30.9 Å². The molecule has 0 radical (unpaired) electrons. The van der Waals surface area contributed by atoms with Gasteiger partial charge in [-0.25, -0.2) is 0 Å². The minimum atomic E-state index is -0.270. The van der Waals surface area contributed by atoms with Crippen LogP contribution in [0, 0.1) is 0 Å². The molecule has 1 aliphatic heterocycles. The van der Waals surface area contributed by atoms with Crippen LogP contribution in [0.2, 0.25) is 0 Å². The molecule has 0 aromatic heterocycles. The van der Waals surface area contributed by atoms with E-state index < -0.39 is 0 Å². The molecule has 1 aromatic carbocycles. The Hall–Kier alpha value is -2.17. The smallest absolute Gasteiger partial charge is 0.305 e. The zero-order valence-electron chi connectivity index (χ0n) is 12.1. The number of esters is 1. The monoisotopic (exact) mass is 289 g/mol. The largest absolute Gasteiger partial charge is 0.466 e. The fraction of sp³-hybridized carbons (Fsp3) is 0.438. The van der Waals surface area contributed by atoms with E-state index in [1.165, 1.54) is 4.90 Å². The Balaban J connectivity index is 1.79. The summed E-state index contributed by atoms with van der Waals surface area (Å²) in [5.74, 6) is -0.764. The van der Waals surface area contributed by atoms with Crippen molar-refractivity contribution in [3.8, 4) is 0 Å². The summed E-state index contributed by atoms with van der Waals surface area (Å²) in [7, 11) is 0. The number of carbonyl (C=O) groups excluding carboxylic acids is 3. The van der Waals surface area contributed by atoms with E-state index in [0.717, 1.165) is 12.8 Å². The summed E-state index contributed by atoms with van der Waals surface area (Å²) in [5.41, 5.74) is 0.893. The number of hydrogen-bond donors (Lipinski definition) is 0. The lowest BCUT2D eigenvalue weighted by Crippen LogP contribution is -2.31. The van der Waals surface area contributed by atoms with Crippen LogP contribution in [0.25, 0.3) is 0 Å². The first-order valence-corrected chi connectivity index (χ1v) is 7.26. The molecule has 0 unspecified atom stereocenters. The molecule has 0 fully saturated rings. The van der Waals surface area contributed by atoms with Gasteiger partial charge >= 0.3 is 5.97 Å². The van der Waals surface area contributed by atoms with E-state index in [2.05, 4.69) is 0 Å². The number of amides is 2. The number of fused-ring (bicyclic) bond motifs is 1. The van der Waals surface area contributed by atoms with Crippen molar-refractivity contribution in [3.05, 3.63) is 35.4 Å². The lowest BCUT2D eigenvalue weighted by Gasteiger charge is -2.13. The molecule has 2 amide bonds. The van der Waals surface area contributed by atoms with Gasteiger partial charge in [0.2, 0.25) is 0 Å². The molecular formula is C16H19NO4. The predicted molar refractivity (Wildman–Crippen MR) is 76.9 cm³/mol. The first kappa shape index (κ1) is 15.2. The fourth-order valence-electron chi connectivity index (χ4n) is 2.24. The van der Waals surface area contributed by atoms with Crippen molar-refractivity contribution in [2.45, 2.75) is 32.6 Å². The van der Waals surface area contributed by atoms with E-state index in [9.17, 15) is 14.4 Å². The second-order valence-electron chi connectivity index (χ2n) is 4.99. The van der Waals surface area contributed by atoms with E-state index in [4.69, 9.17) is 4.74 Å². The SMILES string of the molecule is CCCCC(=O)OCCCN1C(=O)c2ccccc2C1=O. The molecule has 0 saturated heterocycles. The molecule has 0 saturated carbocycles. The van der Waals surface area contributed by atoms with Crippen molar-refractivity contribution >= 4 is 17.8 Å². The number of carbonyl (C=O) groups is 3. The van der Waals surface area contributed by atoms with Crippen LogP contribution in [0.3, 0.4) is 0 Å². The Labute approximate surface area is 123 Å². The van der Waals surface area contributed by atoms with Gasteiger partial charge in [0, 0.05) is 13.0 Å². The van der Waals surface area contributed by atoms with Crippen LogP contribution in [0.15, 0.2) is 24.3 Å². The molecule has 21 heavy (non-hydrogen) atoms. The Morgan fingerprint density at radius 3 is 2.29 bits per heavy atom. The fourth-order valence-corrected chi connectivity index (χ4v) is 2.24. The quantitative estimate of drug-likeness (QED) is 0.439. The number of nitrogens with zero attached hydrogens (tertiary/aromatic N) is 1. The minimum Gasteiger partial charge on any atom is -0.466 e. The average molecular weight is 289 g/mol. The maximum atomic E-state index is 12.1. The number of ether oxygens (including phenoxy) is 1. The molecule has 0 spiro atoms. The summed E-state index contributed by atoms with van der Waals surface area (Å²) in [4.78, 5) is 36.7. The molecule has 0 atom stereocenters. The number of imide groups is 1. The van der Waals surface area contributed by atoms with Crippen LogP contribution < -0.4 is 0 Å². The number of rotatable bonds is 7. The van der Waals surface area contributed by atoms with Gasteiger partial charge in [-0.2, -0.15) is 0 Å². The highest BCUT2D eigenvalue weighted by molar-refractivity contribution is 6.21. The van der Waals surface area contributed by atoms with E-state index in [1.807, 2.05) is 6.92 Å². The Morgan fingerprint density at radius 2 is 1.71 bits per heavy atom. The first-order valence-electron chi connectivity index (χ1n) is 7.26. The molecule has 0 bridgehead atoms. The number of hydrogen-bond acceptors (Lipinski definition) is 4. The molecule has 5 heteroatoms. The van der Waals surface area contributed by atoms with Gasteiger partial charge < -0.3 is 4.74 Å². The Kier molecular flexibility index (Phi) is 5.09. The van der Waals surface area contributed by atoms with Crippen LogP contribution in [-0.2, 0) is 9.53 Å². The van der Waals surface area contributed by atoms with Crippen LogP contribution in [0.1, 0.15) is 53.3 Å². The third-order valence-corrected chi connectivity index (χ3v) is 3.40. The number of unbranched alkanes of at least 4 members (excludes halogenated alkanes) is 1. The van der Waals surface area contributed by atoms with Crippen LogP contribution in [0.5, 0.6) is 0 Å². The second-order valence-corrected chi connectivity index (χ2v) is 4.99. The summed E-state index contributed by atoms with van der Waals surface area (Å²) in [6.07, 6.45) is 2.65. The second kappa shape index (κ2) is 7.02. The van der Waals surface area contributed by atoms with Gasteiger partial charge in [0.15, 0.2) is 0 Å². The first-order chi connectivity index (χ1) is 10.1. The van der Waals surface area contributed by atoms with Gasteiger partial charge in [0.05, 0.1) is 17.7 Å². The highest BCUT2D eigenvalue weighted by Gasteiger charge is 2.34. The van der Waals surface area contributed by atoms with Gasteiger partial charge in [-0.05, 0) is 25.0 Å². The predicted octanol–water partition coefficient (Wildman–Crippen LogP) is 2.41. The maximum absolute atomic E-state index is 12.1. The van der Waals surface area contributed by atoms with Crippen molar-refractivity contribution in [2.75, 3.05) is 13.2 Å². The molecule has 1 aliphatic rings. The molecule has 0 N–H and O–H groups in total. The Morgan fingerprint density at radius 1 is 1.10 bits per heavy atom. The van der Waals surface area contributed by atoms with E-state index in [1.54, 1.807) is 24.3 Å². The molecular weight excluding hydrogens is 270 g/mol. The summed E-state index contributed by atoms with van der Waals surface area (Å²) in [5, 5.41) is 0. The van der Waals surface area contributed by atoms with E-state index >= 15 is 0 Å². The molecule has 112 valence electrons. The molecule has 1 aromatic rings. The van der Waals surface area contributed by atoms with Gasteiger partial charge in [-0.1, -0.05) is 25.5 Å². The normalized spacial score (nSPS) is 13.5. The average Bonchev–Trinajstić information content (AvgIpc) is 2.74. The van der Waals surface area contributed by atoms with Crippen LogP contribution >= 0.6 is 0 Å². The zero-order chi connectivity index (χ0) is 15.2. The van der Waals surface area contributed by atoms with Crippen molar-refractivity contribution < 1.29 is 19.1 Å². The van der Waals surface area contributed by atoms with Gasteiger partial charge in [0.25, 0.3) is 11.8 Å². The summed E-state index contributed by atoms with van der Waals surface area (Å²) < 4.78 is 5.06. The minimum absolute atomic E-state index is 0.223. The molecule has 1 heterocycles. The summed E-state index contributed by atoms with van der Waals surface area (Å²) in [6, 6.07) is 6.78. The van der Waals surface area contributed by atoms with Gasteiger partial charge in [-0.15, -0.1) is 0 Å². The topological polar surface area (TPSA) is 63.7 Å². The summed E-state index contributed by atoms with van der Waals surface area (Å²) >= 11 is 0. The van der Waals surface area contributed by atoms with E-state index in [0.29, 0.717) is 24.0 Å².